The van der Waals surface area contributed by atoms with Gasteiger partial charge in [0.05, 0.1) is 17.2 Å². The maximum Gasteiger partial charge on any atom is 0.292 e. The molecule has 10 heteroatoms. The van der Waals surface area contributed by atoms with Crippen molar-refractivity contribution in [3.8, 4) is 11.4 Å². The van der Waals surface area contributed by atoms with E-state index in [1.807, 2.05) is 47.0 Å². The number of anilines is 1. The summed E-state index contributed by atoms with van der Waals surface area (Å²) in [6, 6.07) is 19.6. The fourth-order valence-corrected chi connectivity index (χ4v) is 3.81. The summed E-state index contributed by atoms with van der Waals surface area (Å²) in [5.74, 6) is 0.317. The number of carbonyl (C=O) groups excluding carboxylic acids is 1. The second kappa shape index (κ2) is 9.84. The van der Waals surface area contributed by atoms with Gasteiger partial charge in [-0.25, -0.2) is 0 Å². The number of nitro benzene ring substituents is 1. The van der Waals surface area contributed by atoms with Gasteiger partial charge < -0.3 is 5.32 Å². The topological polar surface area (TPSA) is 116 Å². The zero-order valence-corrected chi connectivity index (χ0v) is 17.6. The molecule has 2 aromatic carbocycles. The first kappa shape index (κ1) is 21.2. The van der Waals surface area contributed by atoms with Crippen LogP contribution in [0, 0.1) is 10.1 Å². The molecule has 0 aliphatic rings. The van der Waals surface area contributed by atoms with Crippen LogP contribution in [0.25, 0.3) is 11.4 Å². The van der Waals surface area contributed by atoms with Gasteiger partial charge in [0.2, 0.25) is 5.91 Å². The van der Waals surface area contributed by atoms with Gasteiger partial charge in [-0.1, -0.05) is 54.2 Å². The molecule has 0 saturated heterocycles. The monoisotopic (exact) mass is 446 g/mol. The largest absolute Gasteiger partial charge is 0.320 e. The van der Waals surface area contributed by atoms with Crippen LogP contribution in [0.15, 0.2) is 84.3 Å². The van der Waals surface area contributed by atoms with Gasteiger partial charge in [0, 0.05) is 24.0 Å². The van der Waals surface area contributed by atoms with Crippen molar-refractivity contribution in [1.29, 1.82) is 0 Å². The Labute approximate surface area is 187 Å². The second-order valence-electron chi connectivity index (χ2n) is 6.72. The lowest BCUT2D eigenvalue weighted by molar-refractivity contribution is -0.383. The SMILES string of the molecule is O=C(CSc1nnc(-c2ccncc2)n1Cc1ccccc1)Nc1ccccc1[N+](=O)[O-]. The van der Waals surface area contributed by atoms with Crippen LogP contribution >= 0.6 is 11.8 Å². The first-order chi connectivity index (χ1) is 15.6. The van der Waals surface area contributed by atoms with E-state index in [0.29, 0.717) is 17.5 Å². The zero-order chi connectivity index (χ0) is 22.3. The van der Waals surface area contributed by atoms with E-state index in [9.17, 15) is 14.9 Å². The van der Waals surface area contributed by atoms with Gasteiger partial charge in [-0.15, -0.1) is 10.2 Å². The highest BCUT2D eigenvalue weighted by molar-refractivity contribution is 7.99. The van der Waals surface area contributed by atoms with Gasteiger partial charge in [-0.2, -0.15) is 0 Å². The Morgan fingerprint density at radius 2 is 1.72 bits per heavy atom. The first-order valence-corrected chi connectivity index (χ1v) is 10.6. The Balaban J connectivity index is 1.54. The minimum absolute atomic E-state index is 0.0231. The van der Waals surface area contributed by atoms with Crippen molar-refractivity contribution in [3.63, 3.8) is 0 Å². The number of amides is 1. The molecule has 0 radical (unpaired) electrons. The summed E-state index contributed by atoms with van der Waals surface area (Å²) in [5, 5.41) is 22.9. The third-order valence-corrected chi connectivity index (χ3v) is 5.51. The molecule has 2 aromatic heterocycles. The Kier molecular flexibility index (Phi) is 6.52. The maximum absolute atomic E-state index is 12.5. The van der Waals surface area contributed by atoms with Gasteiger partial charge in [0.25, 0.3) is 5.69 Å². The van der Waals surface area contributed by atoms with Crippen LogP contribution in [0.3, 0.4) is 0 Å². The molecule has 1 amide bonds. The molecule has 2 heterocycles. The molecule has 0 atom stereocenters. The molecule has 0 unspecified atom stereocenters. The molecular formula is C22H18N6O3S. The van der Waals surface area contributed by atoms with Crippen LogP contribution in [0.4, 0.5) is 11.4 Å². The molecule has 9 nitrogen and oxygen atoms in total. The van der Waals surface area contributed by atoms with Gasteiger partial charge in [0.15, 0.2) is 11.0 Å². The number of nitrogens with one attached hydrogen (secondary N) is 1. The number of para-hydroxylation sites is 2. The van der Waals surface area contributed by atoms with E-state index in [2.05, 4.69) is 20.5 Å². The van der Waals surface area contributed by atoms with Gasteiger partial charge in [-0.05, 0) is 23.8 Å². The van der Waals surface area contributed by atoms with E-state index in [1.54, 1.807) is 24.5 Å². The number of carbonyl (C=O) groups is 1. The smallest absolute Gasteiger partial charge is 0.292 e. The molecule has 0 aliphatic carbocycles. The highest BCUT2D eigenvalue weighted by Gasteiger charge is 2.18. The standard InChI is InChI=1S/C22H18N6O3S/c29-20(24-18-8-4-5-9-19(18)28(30)31)15-32-22-26-25-21(17-10-12-23-13-11-17)27(22)14-16-6-2-1-3-7-16/h1-13H,14-15H2,(H,24,29). The van der Waals surface area contributed by atoms with Crippen LogP contribution in [0.1, 0.15) is 5.56 Å². The highest BCUT2D eigenvalue weighted by Crippen LogP contribution is 2.26. The van der Waals surface area contributed by atoms with Crippen molar-refractivity contribution < 1.29 is 9.72 Å². The van der Waals surface area contributed by atoms with Crippen LogP contribution < -0.4 is 5.32 Å². The Bertz CT molecular complexity index is 1230. The molecule has 0 aliphatic heterocycles. The van der Waals surface area contributed by atoms with Gasteiger partial charge in [0.1, 0.15) is 5.69 Å². The van der Waals surface area contributed by atoms with Crippen molar-refractivity contribution in [2.45, 2.75) is 11.7 Å². The van der Waals surface area contributed by atoms with Crippen molar-refractivity contribution in [3.05, 3.63) is 94.8 Å². The quantitative estimate of drug-likeness (QED) is 0.247. The van der Waals surface area contributed by atoms with Gasteiger partial charge in [-0.3, -0.25) is 24.5 Å². The average Bonchev–Trinajstić information content (AvgIpc) is 3.21. The molecule has 0 saturated carbocycles. The second-order valence-corrected chi connectivity index (χ2v) is 7.67. The predicted molar refractivity (Wildman–Crippen MR) is 121 cm³/mol. The van der Waals surface area contributed by atoms with E-state index in [0.717, 1.165) is 11.1 Å². The lowest BCUT2D eigenvalue weighted by atomic mass is 10.2. The Morgan fingerprint density at radius 1 is 1.00 bits per heavy atom. The third-order valence-electron chi connectivity index (χ3n) is 4.55. The molecule has 32 heavy (non-hydrogen) atoms. The van der Waals surface area contributed by atoms with E-state index < -0.39 is 4.92 Å². The van der Waals surface area contributed by atoms with E-state index in [1.165, 1.54) is 23.9 Å². The van der Waals surface area contributed by atoms with E-state index >= 15 is 0 Å². The predicted octanol–water partition coefficient (Wildman–Crippen LogP) is 4.03. The Hall–Kier alpha value is -4.05. The molecule has 0 spiro atoms. The summed E-state index contributed by atoms with van der Waals surface area (Å²) in [6.45, 7) is 0.527. The fraction of sp³-hybridized carbons (Fsp3) is 0.0909. The summed E-state index contributed by atoms with van der Waals surface area (Å²) in [7, 11) is 0. The van der Waals surface area contributed by atoms with Crippen LogP contribution in [-0.2, 0) is 11.3 Å². The van der Waals surface area contributed by atoms with Crippen molar-refractivity contribution in [1.82, 2.24) is 19.7 Å². The van der Waals surface area contributed by atoms with Crippen LogP contribution in [0.2, 0.25) is 0 Å². The molecule has 160 valence electrons. The minimum atomic E-state index is -0.528. The third kappa shape index (κ3) is 4.98. The number of aromatic nitrogens is 4. The lowest BCUT2D eigenvalue weighted by Gasteiger charge is -2.10. The summed E-state index contributed by atoms with van der Waals surface area (Å²) in [6.07, 6.45) is 3.37. The van der Waals surface area contributed by atoms with Crippen molar-refractivity contribution in [2.75, 3.05) is 11.1 Å². The zero-order valence-electron chi connectivity index (χ0n) is 16.8. The number of pyridine rings is 1. The van der Waals surface area contributed by atoms with Crippen molar-refractivity contribution >= 4 is 29.0 Å². The highest BCUT2D eigenvalue weighted by atomic mass is 32.2. The number of hydrogen-bond donors (Lipinski definition) is 1. The number of nitrogens with zero attached hydrogens (tertiary/aromatic N) is 5. The summed E-state index contributed by atoms with van der Waals surface area (Å²) in [4.78, 5) is 27.2. The summed E-state index contributed by atoms with van der Waals surface area (Å²) in [5.41, 5.74) is 1.93. The number of thioether (sulfide) groups is 1. The normalized spacial score (nSPS) is 10.6. The molecule has 1 N–H and O–H groups in total. The molecular weight excluding hydrogens is 428 g/mol. The maximum atomic E-state index is 12.5. The Morgan fingerprint density at radius 3 is 2.47 bits per heavy atom. The van der Waals surface area contributed by atoms with Gasteiger partial charge >= 0.3 is 0 Å². The first-order valence-electron chi connectivity index (χ1n) is 9.65. The number of rotatable bonds is 8. The van der Waals surface area contributed by atoms with E-state index in [-0.39, 0.29) is 23.0 Å². The number of hydrogen-bond acceptors (Lipinski definition) is 7. The summed E-state index contributed by atoms with van der Waals surface area (Å²) >= 11 is 1.22. The van der Waals surface area contributed by atoms with E-state index in [4.69, 9.17) is 0 Å². The fourth-order valence-electron chi connectivity index (χ4n) is 3.07. The van der Waals surface area contributed by atoms with Crippen LogP contribution in [-0.4, -0.2) is 36.3 Å². The molecule has 0 fully saturated rings. The molecule has 4 aromatic rings. The molecule has 0 bridgehead atoms. The van der Waals surface area contributed by atoms with Crippen LogP contribution in [0.5, 0.6) is 0 Å². The number of nitro groups is 1. The minimum Gasteiger partial charge on any atom is -0.320 e. The number of benzene rings is 2. The molecule has 4 rings (SSSR count). The lowest BCUT2D eigenvalue weighted by Crippen LogP contribution is -2.15. The average molecular weight is 446 g/mol. The van der Waals surface area contributed by atoms with Crippen molar-refractivity contribution in [2.24, 2.45) is 0 Å². The summed E-state index contributed by atoms with van der Waals surface area (Å²) < 4.78 is 1.94.